The normalized spacial score (nSPS) is 34.1. The molecule has 1 saturated carbocycles. The number of halogens is 1. The Morgan fingerprint density at radius 1 is 1.28 bits per heavy atom. The Hall–Kier alpha value is -1.95. The average molecular weight is 346 g/mol. The van der Waals surface area contributed by atoms with Crippen molar-refractivity contribution in [2.24, 2.45) is 5.41 Å². The number of likely N-dealkylation sites (N-methyl/N-ethyl adjacent to an activating group) is 1. The Morgan fingerprint density at radius 2 is 1.96 bits per heavy atom. The number of hydrogen-bond donors (Lipinski definition) is 1. The third-order valence-electron chi connectivity index (χ3n) is 6.56. The van der Waals surface area contributed by atoms with Crippen LogP contribution in [-0.4, -0.2) is 37.1 Å². The number of aryl methyl sites for hydroxylation is 1. The molecular weight excluding hydrogens is 323 g/mol. The second-order valence-corrected chi connectivity index (χ2v) is 7.70. The highest BCUT2D eigenvalue weighted by atomic mass is 19.1. The summed E-state index contributed by atoms with van der Waals surface area (Å²) in [5, 5.41) is 3.00. The number of methoxy groups -OCH3 is 1. The minimum atomic E-state index is -1.08. The zero-order valence-corrected chi connectivity index (χ0v) is 14.8. The van der Waals surface area contributed by atoms with Crippen molar-refractivity contribution in [1.29, 1.82) is 0 Å². The number of urea groups is 1. The van der Waals surface area contributed by atoms with Crippen molar-refractivity contribution in [3.8, 4) is 0 Å². The van der Waals surface area contributed by atoms with E-state index in [0.29, 0.717) is 12.0 Å². The van der Waals surface area contributed by atoms with Gasteiger partial charge in [-0.15, -0.1) is 0 Å². The molecule has 1 heterocycles. The van der Waals surface area contributed by atoms with Crippen LogP contribution >= 0.6 is 0 Å². The summed E-state index contributed by atoms with van der Waals surface area (Å²) in [6, 6.07) is 2.91. The number of carbonyl (C=O) groups excluding carboxylic acids is 2. The van der Waals surface area contributed by atoms with Crippen LogP contribution in [0.5, 0.6) is 0 Å². The van der Waals surface area contributed by atoms with Crippen LogP contribution in [0.25, 0.3) is 0 Å². The van der Waals surface area contributed by atoms with Crippen LogP contribution in [0, 0.1) is 18.2 Å². The van der Waals surface area contributed by atoms with E-state index in [0.717, 1.165) is 41.7 Å². The van der Waals surface area contributed by atoms with Gasteiger partial charge >= 0.3 is 6.03 Å². The fourth-order valence-corrected chi connectivity index (χ4v) is 5.12. The van der Waals surface area contributed by atoms with Gasteiger partial charge in [0.2, 0.25) is 0 Å². The van der Waals surface area contributed by atoms with Gasteiger partial charge < -0.3 is 10.1 Å². The molecule has 2 fully saturated rings. The molecule has 0 radical (unpaired) electrons. The van der Waals surface area contributed by atoms with Crippen LogP contribution in [0.1, 0.15) is 42.4 Å². The smallest absolute Gasteiger partial charge is 0.325 e. The summed E-state index contributed by atoms with van der Waals surface area (Å²) in [7, 11) is 3.21. The highest BCUT2D eigenvalue weighted by Gasteiger charge is 2.67. The lowest BCUT2D eigenvalue weighted by Crippen LogP contribution is -2.56. The van der Waals surface area contributed by atoms with Gasteiger partial charge in [0.1, 0.15) is 5.82 Å². The molecule has 1 unspecified atom stereocenters. The van der Waals surface area contributed by atoms with E-state index in [1.54, 1.807) is 26.2 Å². The monoisotopic (exact) mass is 346 g/mol. The topological polar surface area (TPSA) is 58.6 Å². The number of benzene rings is 1. The van der Waals surface area contributed by atoms with Crippen molar-refractivity contribution in [2.75, 3.05) is 14.2 Å². The van der Waals surface area contributed by atoms with Crippen molar-refractivity contribution in [2.45, 2.75) is 50.7 Å². The molecule has 3 aliphatic rings. The van der Waals surface area contributed by atoms with Gasteiger partial charge in [-0.25, -0.2) is 9.18 Å². The van der Waals surface area contributed by atoms with Gasteiger partial charge in [0.25, 0.3) is 5.91 Å². The van der Waals surface area contributed by atoms with Gasteiger partial charge in [-0.1, -0.05) is 0 Å². The van der Waals surface area contributed by atoms with E-state index in [1.165, 1.54) is 7.05 Å². The lowest BCUT2D eigenvalue weighted by atomic mass is 9.61. The predicted octanol–water partition coefficient (Wildman–Crippen LogP) is 2.64. The van der Waals surface area contributed by atoms with E-state index >= 15 is 0 Å². The van der Waals surface area contributed by atoms with Gasteiger partial charge in [0.05, 0.1) is 6.10 Å². The highest BCUT2D eigenvalue weighted by Crippen LogP contribution is 2.60. The number of ether oxygens (including phenoxy) is 1. The van der Waals surface area contributed by atoms with Crippen molar-refractivity contribution in [3.05, 3.63) is 34.6 Å². The van der Waals surface area contributed by atoms with Gasteiger partial charge in [-0.05, 0) is 67.9 Å². The molecule has 1 N–H and O–H groups in total. The van der Waals surface area contributed by atoms with E-state index in [2.05, 4.69) is 5.32 Å². The standard InChI is InChI=1S/C19H23FN2O3/c1-11-8-14-12(9-15(11)20)10-18(6-4-13(25-3)5-7-18)19(14)16(23)22(2)17(24)21-19/h8-9,13H,4-7,10H2,1-3H3,(H,21,24). The molecule has 2 spiro atoms. The molecule has 1 aromatic carbocycles. The van der Waals surface area contributed by atoms with Crippen LogP contribution < -0.4 is 5.32 Å². The molecule has 0 aromatic heterocycles. The first-order valence-corrected chi connectivity index (χ1v) is 8.77. The maximum Gasteiger partial charge on any atom is 0.325 e. The van der Waals surface area contributed by atoms with Crippen molar-refractivity contribution in [1.82, 2.24) is 10.2 Å². The molecular formula is C19H23FN2O3. The first kappa shape index (κ1) is 16.5. The summed E-state index contributed by atoms with van der Waals surface area (Å²) in [6.45, 7) is 1.70. The molecule has 1 saturated heterocycles. The van der Waals surface area contributed by atoms with E-state index in [4.69, 9.17) is 4.74 Å². The van der Waals surface area contributed by atoms with Crippen molar-refractivity contribution >= 4 is 11.9 Å². The van der Waals surface area contributed by atoms with Crippen LogP contribution in [0.2, 0.25) is 0 Å². The first-order chi connectivity index (χ1) is 11.8. The largest absolute Gasteiger partial charge is 0.381 e. The number of amides is 3. The van der Waals surface area contributed by atoms with E-state index < -0.39 is 11.0 Å². The zero-order chi connectivity index (χ0) is 18.0. The summed E-state index contributed by atoms with van der Waals surface area (Å²) in [5.41, 5.74) is 0.609. The fourth-order valence-electron chi connectivity index (χ4n) is 5.12. The van der Waals surface area contributed by atoms with E-state index in [9.17, 15) is 14.0 Å². The quantitative estimate of drug-likeness (QED) is 0.796. The Kier molecular flexibility index (Phi) is 3.48. The number of carbonyl (C=O) groups is 2. The molecule has 25 heavy (non-hydrogen) atoms. The zero-order valence-electron chi connectivity index (χ0n) is 14.8. The third-order valence-corrected chi connectivity index (χ3v) is 6.56. The molecule has 3 amide bonds. The maximum absolute atomic E-state index is 14.2. The summed E-state index contributed by atoms with van der Waals surface area (Å²) < 4.78 is 19.7. The van der Waals surface area contributed by atoms with Gasteiger partial charge in [-0.3, -0.25) is 9.69 Å². The molecule has 134 valence electrons. The van der Waals surface area contributed by atoms with Gasteiger partial charge in [0, 0.05) is 19.6 Å². The molecule has 5 nitrogen and oxygen atoms in total. The number of nitrogens with one attached hydrogen (secondary N) is 1. The maximum atomic E-state index is 14.2. The number of hydrogen-bond acceptors (Lipinski definition) is 3. The molecule has 4 rings (SSSR count). The highest BCUT2D eigenvalue weighted by molar-refractivity contribution is 6.08. The average Bonchev–Trinajstić information content (AvgIpc) is 2.97. The Bertz CT molecular complexity index is 770. The number of fused-ring (bicyclic) bond motifs is 3. The Morgan fingerprint density at radius 3 is 2.52 bits per heavy atom. The summed E-state index contributed by atoms with van der Waals surface area (Å²) in [4.78, 5) is 26.8. The fraction of sp³-hybridized carbons (Fsp3) is 0.579. The van der Waals surface area contributed by atoms with Crippen LogP contribution in [-0.2, 0) is 21.5 Å². The molecule has 6 heteroatoms. The van der Waals surface area contributed by atoms with E-state index in [-0.39, 0.29) is 23.9 Å². The van der Waals surface area contributed by atoms with Crippen molar-refractivity contribution < 1.29 is 18.7 Å². The lowest BCUT2D eigenvalue weighted by Gasteiger charge is -2.46. The Balaban J connectivity index is 1.89. The number of nitrogens with zero attached hydrogens (tertiary/aromatic N) is 1. The SMILES string of the molecule is COC1CCC2(CC1)Cc1cc(F)c(C)cc1C21NC(=O)N(C)C1=O. The van der Waals surface area contributed by atoms with E-state index in [1.807, 2.05) is 0 Å². The van der Waals surface area contributed by atoms with Crippen LogP contribution in [0.4, 0.5) is 9.18 Å². The van der Waals surface area contributed by atoms with Crippen molar-refractivity contribution in [3.63, 3.8) is 0 Å². The second-order valence-electron chi connectivity index (χ2n) is 7.70. The molecule has 0 bridgehead atoms. The molecule has 1 aromatic rings. The second kappa shape index (κ2) is 5.27. The lowest BCUT2D eigenvalue weighted by molar-refractivity contribution is -0.137. The molecule has 2 aliphatic carbocycles. The molecule has 1 atom stereocenters. The minimum Gasteiger partial charge on any atom is -0.381 e. The summed E-state index contributed by atoms with van der Waals surface area (Å²) >= 11 is 0. The van der Waals surface area contributed by atoms with Gasteiger partial charge in [0.15, 0.2) is 5.54 Å². The number of imide groups is 1. The Labute approximate surface area is 146 Å². The van der Waals surface area contributed by atoms with Gasteiger partial charge in [-0.2, -0.15) is 0 Å². The third kappa shape index (κ3) is 1.97. The summed E-state index contributed by atoms with van der Waals surface area (Å²) in [6.07, 6.45) is 3.98. The number of rotatable bonds is 1. The van der Waals surface area contributed by atoms with Crippen LogP contribution in [0.3, 0.4) is 0 Å². The first-order valence-electron chi connectivity index (χ1n) is 8.77. The van der Waals surface area contributed by atoms with Crippen LogP contribution in [0.15, 0.2) is 12.1 Å². The molecule has 1 aliphatic heterocycles. The minimum absolute atomic E-state index is 0.176. The summed E-state index contributed by atoms with van der Waals surface area (Å²) in [5.74, 6) is -0.486. The predicted molar refractivity (Wildman–Crippen MR) is 89.5 cm³/mol.